The zero-order chi connectivity index (χ0) is 12.0. The van der Waals surface area contributed by atoms with E-state index in [1.54, 1.807) is 0 Å². The maximum Gasteiger partial charge on any atom is 0.0337 e. The molecular formula is C13H27ClN2. The summed E-state index contributed by atoms with van der Waals surface area (Å²) in [7, 11) is 0. The van der Waals surface area contributed by atoms with E-state index < -0.39 is 0 Å². The number of piperidine rings is 1. The molecule has 0 spiro atoms. The lowest BCUT2D eigenvalue weighted by Gasteiger charge is -2.34. The highest BCUT2D eigenvalue weighted by molar-refractivity contribution is 6.20. The summed E-state index contributed by atoms with van der Waals surface area (Å²) in [5, 5.41) is 0.352. The first kappa shape index (κ1) is 14.3. The van der Waals surface area contributed by atoms with Gasteiger partial charge in [0.15, 0.2) is 0 Å². The molecule has 0 amide bonds. The van der Waals surface area contributed by atoms with Crippen molar-refractivity contribution in [2.45, 2.75) is 39.0 Å². The van der Waals surface area contributed by atoms with Gasteiger partial charge in [0.25, 0.3) is 0 Å². The fourth-order valence-corrected chi connectivity index (χ4v) is 2.71. The highest BCUT2D eigenvalue weighted by Crippen LogP contribution is 2.23. The van der Waals surface area contributed by atoms with Crippen LogP contribution in [0.1, 0.15) is 33.6 Å². The highest BCUT2D eigenvalue weighted by atomic mass is 35.5. The van der Waals surface area contributed by atoms with Crippen LogP contribution in [0, 0.1) is 5.92 Å². The molecule has 1 saturated heterocycles. The highest BCUT2D eigenvalue weighted by Gasteiger charge is 2.22. The zero-order valence-corrected chi connectivity index (χ0v) is 11.8. The lowest BCUT2D eigenvalue weighted by atomic mass is 9.94. The molecule has 1 aliphatic rings. The Balaban J connectivity index is 2.17. The number of nitrogens with zero attached hydrogens (tertiary/aromatic N) is 2. The van der Waals surface area contributed by atoms with Crippen LogP contribution in [0.2, 0.25) is 0 Å². The summed E-state index contributed by atoms with van der Waals surface area (Å²) in [5.74, 6) is 0.742. The van der Waals surface area contributed by atoms with Crippen molar-refractivity contribution in [1.82, 2.24) is 9.80 Å². The first-order chi connectivity index (χ1) is 7.67. The summed E-state index contributed by atoms with van der Waals surface area (Å²) in [6.07, 6.45) is 2.56. The largest absolute Gasteiger partial charge is 0.303 e. The molecule has 96 valence electrons. The molecule has 0 radical (unpaired) electrons. The van der Waals surface area contributed by atoms with Gasteiger partial charge in [0.05, 0.1) is 0 Å². The fourth-order valence-electron chi connectivity index (χ4n) is 2.46. The van der Waals surface area contributed by atoms with Crippen LogP contribution >= 0.6 is 11.6 Å². The number of hydrogen-bond donors (Lipinski definition) is 0. The molecular weight excluding hydrogens is 220 g/mol. The van der Waals surface area contributed by atoms with Crippen LogP contribution in [0.15, 0.2) is 0 Å². The van der Waals surface area contributed by atoms with Crippen molar-refractivity contribution < 1.29 is 0 Å². The van der Waals surface area contributed by atoms with Crippen LogP contribution in [0.4, 0.5) is 0 Å². The molecule has 0 N–H and O–H groups in total. The molecule has 1 atom stereocenters. The summed E-state index contributed by atoms with van der Waals surface area (Å²) in [4.78, 5) is 5.09. The number of hydrogen-bond acceptors (Lipinski definition) is 2. The summed E-state index contributed by atoms with van der Waals surface area (Å²) >= 11 is 6.15. The number of likely N-dealkylation sites (tertiary alicyclic amines) is 1. The number of alkyl halides is 1. The van der Waals surface area contributed by atoms with E-state index in [1.165, 1.54) is 52.1 Å². The van der Waals surface area contributed by atoms with E-state index >= 15 is 0 Å². The van der Waals surface area contributed by atoms with E-state index in [9.17, 15) is 0 Å². The first-order valence-electron chi connectivity index (χ1n) is 6.76. The average Bonchev–Trinajstić information content (AvgIpc) is 2.31. The molecule has 1 rings (SSSR count). The first-order valence-corrected chi connectivity index (χ1v) is 7.19. The Labute approximate surface area is 106 Å². The van der Waals surface area contributed by atoms with Crippen LogP contribution in [0.5, 0.6) is 0 Å². The van der Waals surface area contributed by atoms with E-state index in [1.807, 2.05) is 0 Å². The van der Waals surface area contributed by atoms with Gasteiger partial charge in [-0.3, -0.25) is 0 Å². The predicted molar refractivity (Wildman–Crippen MR) is 72.3 cm³/mol. The van der Waals surface area contributed by atoms with E-state index in [0.717, 1.165) is 5.92 Å². The second-order valence-electron chi connectivity index (χ2n) is 4.88. The smallest absolute Gasteiger partial charge is 0.0337 e. The molecule has 0 bridgehead atoms. The number of likely N-dealkylation sites (N-methyl/N-ethyl adjacent to an activating group) is 1. The third-order valence-corrected chi connectivity index (χ3v) is 4.27. The van der Waals surface area contributed by atoms with Crippen LogP contribution < -0.4 is 0 Å². The van der Waals surface area contributed by atoms with Crippen molar-refractivity contribution in [3.63, 3.8) is 0 Å². The topological polar surface area (TPSA) is 6.48 Å². The lowest BCUT2D eigenvalue weighted by Crippen LogP contribution is -2.40. The Morgan fingerprint density at radius 3 is 2.25 bits per heavy atom. The molecule has 1 heterocycles. The monoisotopic (exact) mass is 246 g/mol. The quantitative estimate of drug-likeness (QED) is 0.665. The third kappa shape index (κ3) is 4.60. The Kier molecular flexibility index (Phi) is 6.71. The molecule has 0 aromatic rings. The fraction of sp³-hybridized carbons (Fsp3) is 1.00. The predicted octanol–water partition coefficient (Wildman–Crippen LogP) is 2.67. The molecule has 0 aromatic carbocycles. The molecule has 3 heteroatoms. The van der Waals surface area contributed by atoms with Gasteiger partial charge in [-0.1, -0.05) is 13.8 Å². The van der Waals surface area contributed by atoms with Gasteiger partial charge >= 0.3 is 0 Å². The average molecular weight is 247 g/mol. The molecule has 0 saturated carbocycles. The van der Waals surface area contributed by atoms with E-state index in [4.69, 9.17) is 11.6 Å². The second kappa shape index (κ2) is 7.52. The SMILES string of the molecule is CCN(CC)CCN1CCC(C(C)Cl)CC1. The van der Waals surface area contributed by atoms with Gasteiger partial charge < -0.3 is 9.80 Å². The summed E-state index contributed by atoms with van der Waals surface area (Å²) in [6, 6.07) is 0. The summed E-state index contributed by atoms with van der Waals surface area (Å²) in [6.45, 7) is 13.9. The van der Waals surface area contributed by atoms with Gasteiger partial charge in [0.2, 0.25) is 0 Å². The molecule has 1 unspecified atom stereocenters. The van der Waals surface area contributed by atoms with Crippen molar-refractivity contribution >= 4 is 11.6 Å². The van der Waals surface area contributed by atoms with Gasteiger partial charge in [-0.05, 0) is 51.9 Å². The molecule has 1 fully saturated rings. The van der Waals surface area contributed by atoms with Crippen molar-refractivity contribution in [3.8, 4) is 0 Å². The summed E-state index contributed by atoms with van der Waals surface area (Å²) < 4.78 is 0. The van der Waals surface area contributed by atoms with Crippen LogP contribution in [-0.2, 0) is 0 Å². The van der Waals surface area contributed by atoms with E-state index in [0.29, 0.717) is 5.38 Å². The zero-order valence-electron chi connectivity index (χ0n) is 11.1. The molecule has 2 nitrogen and oxygen atoms in total. The Morgan fingerprint density at radius 1 is 1.25 bits per heavy atom. The van der Waals surface area contributed by atoms with Crippen LogP contribution in [-0.4, -0.2) is 54.4 Å². The molecule has 0 aromatic heterocycles. The maximum absolute atomic E-state index is 6.15. The Bertz CT molecular complexity index is 173. The minimum absolute atomic E-state index is 0.352. The van der Waals surface area contributed by atoms with Gasteiger partial charge in [-0.25, -0.2) is 0 Å². The maximum atomic E-state index is 6.15. The van der Waals surface area contributed by atoms with E-state index in [-0.39, 0.29) is 0 Å². The van der Waals surface area contributed by atoms with Gasteiger partial charge in [-0.2, -0.15) is 0 Å². The van der Waals surface area contributed by atoms with Crippen molar-refractivity contribution in [3.05, 3.63) is 0 Å². The Morgan fingerprint density at radius 2 is 1.81 bits per heavy atom. The lowest BCUT2D eigenvalue weighted by molar-refractivity contribution is 0.159. The molecule has 0 aliphatic carbocycles. The van der Waals surface area contributed by atoms with E-state index in [2.05, 4.69) is 30.6 Å². The van der Waals surface area contributed by atoms with Gasteiger partial charge in [0, 0.05) is 18.5 Å². The standard InChI is InChI=1S/C13H27ClN2/c1-4-15(5-2)10-11-16-8-6-13(7-9-16)12(3)14/h12-13H,4-11H2,1-3H3. The van der Waals surface area contributed by atoms with Crippen molar-refractivity contribution in [2.75, 3.05) is 39.3 Å². The third-order valence-electron chi connectivity index (χ3n) is 3.91. The normalized spacial score (nSPS) is 21.6. The molecule has 16 heavy (non-hydrogen) atoms. The second-order valence-corrected chi connectivity index (χ2v) is 5.57. The number of rotatable bonds is 6. The molecule has 1 aliphatic heterocycles. The Hall–Kier alpha value is 0.210. The van der Waals surface area contributed by atoms with Gasteiger partial charge in [-0.15, -0.1) is 11.6 Å². The number of halogens is 1. The summed E-state index contributed by atoms with van der Waals surface area (Å²) in [5.41, 5.74) is 0. The van der Waals surface area contributed by atoms with Gasteiger partial charge in [0.1, 0.15) is 0 Å². The van der Waals surface area contributed by atoms with Crippen LogP contribution in [0.3, 0.4) is 0 Å². The minimum Gasteiger partial charge on any atom is -0.303 e. The van der Waals surface area contributed by atoms with Crippen LogP contribution in [0.25, 0.3) is 0 Å². The van der Waals surface area contributed by atoms with Crippen molar-refractivity contribution in [1.29, 1.82) is 0 Å². The minimum atomic E-state index is 0.352. The van der Waals surface area contributed by atoms with Crippen molar-refractivity contribution in [2.24, 2.45) is 5.92 Å².